The highest BCUT2D eigenvalue weighted by molar-refractivity contribution is 4.94. The summed E-state index contributed by atoms with van der Waals surface area (Å²) in [6.45, 7) is -0.628. The molecule has 0 spiro atoms. The molecule has 1 aliphatic heterocycles. The fourth-order valence-electron chi connectivity index (χ4n) is 1.36. The molecule has 1 fully saturated rings. The van der Waals surface area contributed by atoms with Crippen LogP contribution in [0.1, 0.15) is 0 Å². The molecular weight excluding hydrogens is 194 g/mol. The molecule has 1 heterocycles. The highest BCUT2D eigenvalue weighted by Crippen LogP contribution is 2.20. The topological polar surface area (TPSA) is 136 Å². The van der Waals surface area contributed by atoms with E-state index in [1.54, 1.807) is 0 Å². The summed E-state index contributed by atoms with van der Waals surface area (Å²) >= 11 is 0. The molecule has 0 aromatic rings. The van der Waals surface area contributed by atoms with Gasteiger partial charge in [-0.3, -0.25) is 0 Å². The van der Waals surface area contributed by atoms with Crippen LogP contribution >= 0.6 is 0 Å². The molecule has 1 saturated heterocycles. The molecule has 0 aromatic heterocycles. The third-order valence-corrected chi connectivity index (χ3v) is 2.28. The van der Waals surface area contributed by atoms with E-state index >= 15 is 0 Å². The lowest BCUT2D eigenvalue weighted by molar-refractivity contribution is -0.272. The minimum Gasteiger partial charge on any atom is -0.394 e. The Bertz CT molecular complexity index is 191. The quantitative estimate of drug-likeness (QED) is 0.273. The Kier molecular flexibility index (Phi) is 3.78. The third-order valence-electron chi connectivity index (χ3n) is 2.28. The van der Waals surface area contributed by atoms with Gasteiger partial charge in [0.25, 0.3) is 0 Å². The van der Waals surface area contributed by atoms with Crippen molar-refractivity contribution in [1.82, 2.24) is 0 Å². The lowest BCUT2D eigenvalue weighted by atomic mass is 9.94. The SMILES string of the molecule is N[C@H]1[C@@H](O)[C@@H]([C@H](O)CO)O[C@H](O)[C@@H]1O. The smallest absolute Gasteiger partial charge is 0.183 e. The van der Waals surface area contributed by atoms with Gasteiger partial charge in [-0.25, -0.2) is 0 Å². The molecule has 7 N–H and O–H groups in total. The number of hydrogen-bond donors (Lipinski definition) is 6. The van der Waals surface area contributed by atoms with Crippen molar-refractivity contribution in [2.75, 3.05) is 6.61 Å². The summed E-state index contributed by atoms with van der Waals surface area (Å²) in [7, 11) is 0. The highest BCUT2D eigenvalue weighted by atomic mass is 16.6. The van der Waals surface area contributed by atoms with Crippen LogP contribution in [-0.2, 0) is 4.74 Å². The molecular formula is C7H15NO6. The largest absolute Gasteiger partial charge is 0.394 e. The van der Waals surface area contributed by atoms with Gasteiger partial charge in [-0.15, -0.1) is 0 Å². The molecule has 0 amide bonds. The van der Waals surface area contributed by atoms with Crippen LogP contribution in [0, 0.1) is 0 Å². The standard InChI is InChI=1S/C7H15NO6/c8-3-4(11)6(2(10)1-9)14-7(13)5(3)12/h2-7,9-13H,1,8H2/t2-,3+,4-,5-,6-,7+/m1/s1. The van der Waals surface area contributed by atoms with Gasteiger partial charge in [-0.05, 0) is 0 Å². The predicted octanol–water partition coefficient (Wildman–Crippen LogP) is -3.89. The summed E-state index contributed by atoms with van der Waals surface area (Å²) in [6.07, 6.45) is -6.87. The van der Waals surface area contributed by atoms with Crippen molar-refractivity contribution in [2.45, 2.75) is 36.7 Å². The molecule has 84 valence electrons. The number of aliphatic hydroxyl groups excluding tert-OH is 5. The molecule has 6 atom stereocenters. The van der Waals surface area contributed by atoms with Gasteiger partial charge >= 0.3 is 0 Å². The Morgan fingerprint density at radius 3 is 2.29 bits per heavy atom. The first-order valence-corrected chi connectivity index (χ1v) is 4.23. The molecule has 0 bridgehead atoms. The molecule has 0 unspecified atom stereocenters. The van der Waals surface area contributed by atoms with Crippen molar-refractivity contribution in [2.24, 2.45) is 5.73 Å². The van der Waals surface area contributed by atoms with Gasteiger partial charge in [-0.2, -0.15) is 0 Å². The average molecular weight is 209 g/mol. The predicted molar refractivity (Wildman–Crippen MR) is 44.0 cm³/mol. The fourth-order valence-corrected chi connectivity index (χ4v) is 1.36. The lowest BCUT2D eigenvalue weighted by Gasteiger charge is -2.40. The molecule has 0 aromatic carbocycles. The van der Waals surface area contributed by atoms with Crippen molar-refractivity contribution in [3.05, 3.63) is 0 Å². The first kappa shape index (κ1) is 11.8. The van der Waals surface area contributed by atoms with Crippen molar-refractivity contribution >= 4 is 0 Å². The van der Waals surface area contributed by atoms with Crippen molar-refractivity contribution < 1.29 is 30.3 Å². The second-order valence-corrected chi connectivity index (χ2v) is 3.30. The first-order valence-electron chi connectivity index (χ1n) is 4.23. The maximum absolute atomic E-state index is 9.43. The van der Waals surface area contributed by atoms with E-state index in [1.807, 2.05) is 0 Å². The summed E-state index contributed by atoms with van der Waals surface area (Å²) in [5.74, 6) is 0. The Balaban J connectivity index is 2.70. The van der Waals surface area contributed by atoms with Crippen molar-refractivity contribution in [1.29, 1.82) is 0 Å². The number of nitrogens with two attached hydrogens (primary N) is 1. The Labute approximate surface area is 80.3 Å². The van der Waals surface area contributed by atoms with E-state index in [-0.39, 0.29) is 0 Å². The van der Waals surface area contributed by atoms with Gasteiger partial charge in [0, 0.05) is 0 Å². The van der Waals surface area contributed by atoms with Crippen LogP contribution in [0.3, 0.4) is 0 Å². The number of hydrogen-bond acceptors (Lipinski definition) is 7. The van der Waals surface area contributed by atoms with E-state index in [9.17, 15) is 15.3 Å². The fraction of sp³-hybridized carbons (Fsp3) is 1.00. The second-order valence-electron chi connectivity index (χ2n) is 3.30. The molecule has 0 radical (unpaired) electrons. The second kappa shape index (κ2) is 4.49. The van der Waals surface area contributed by atoms with Gasteiger partial charge in [0.2, 0.25) is 0 Å². The molecule has 0 aliphatic carbocycles. The van der Waals surface area contributed by atoms with Gasteiger partial charge in [0.05, 0.1) is 12.6 Å². The van der Waals surface area contributed by atoms with Gasteiger partial charge in [0.15, 0.2) is 6.29 Å². The van der Waals surface area contributed by atoms with E-state index < -0.39 is 43.4 Å². The zero-order valence-electron chi connectivity index (χ0n) is 7.39. The maximum Gasteiger partial charge on any atom is 0.183 e. The monoisotopic (exact) mass is 209 g/mol. The van der Waals surface area contributed by atoms with Gasteiger partial charge in [0.1, 0.15) is 24.4 Å². The third kappa shape index (κ3) is 2.04. The summed E-state index contributed by atoms with van der Waals surface area (Å²) in [5, 5.41) is 45.6. The van der Waals surface area contributed by atoms with Crippen LogP contribution in [0.15, 0.2) is 0 Å². The minimum atomic E-state index is -1.57. The summed E-state index contributed by atoms with van der Waals surface area (Å²) in [4.78, 5) is 0. The Morgan fingerprint density at radius 1 is 1.21 bits per heavy atom. The van der Waals surface area contributed by atoms with E-state index in [0.717, 1.165) is 0 Å². The zero-order valence-corrected chi connectivity index (χ0v) is 7.39. The molecule has 1 rings (SSSR count). The van der Waals surface area contributed by atoms with Crippen LogP contribution in [0.5, 0.6) is 0 Å². The maximum atomic E-state index is 9.43. The highest BCUT2D eigenvalue weighted by Gasteiger charge is 2.44. The summed E-state index contributed by atoms with van der Waals surface area (Å²) in [5.41, 5.74) is 5.36. The first-order chi connectivity index (χ1) is 6.49. The van der Waals surface area contributed by atoms with Gasteiger partial charge in [-0.1, -0.05) is 0 Å². The van der Waals surface area contributed by atoms with E-state index in [4.69, 9.17) is 20.7 Å². The Morgan fingerprint density at radius 2 is 1.79 bits per heavy atom. The molecule has 0 saturated carbocycles. The molecule has 14 heavy (non-hydrogen) atoms. The molecule has 1 aliphatic rings. The van der Waals surface area contributed by atoms with E-state index in [1.165, 1.54) is 0 Å². The Hall–Kier alpha value is -0.280. The average Bonchev–Trinajstić information content (AvgIpc) is 2.19. The molecule has 7 nitrogen and oxygen atoms in total. The summed E-state index contributed by atoms with van der Waals surface area (Å²) < 4.78 is 4.70. The van der Waals surface area contributed by atoms with Crippen LogP contribution in [0.4, 0.5) is 0 Å². The van der Waals surface area contributed by atoms with Crippen molar-refractivity contribution in [3.8, 4) is 0 Å². The van der Waals surface area contributed by atoms with E-state index in [0.29, 0.717) is 0 Å². The summed E-state index contributed by atoms with van der Waals surface area (Å²) in [6, 6.07) is -1.12. The van der Waals surface area contributed by atoms with Gasteiger partial charge < -0.3 is 36.0 Å². The number of aliphatic hydroxyl groups is 5. The zero-order chi connectivity index (χ0) is 10.9. The van der Waals surface area contributed by atoms with E-state index in [2.05, 4.69) is 0 Å². The molecule has 7 heteroatoms. The number of rotatable bonds is 2. The van der Waals surface area contributed by atoms with Crippen LogP contribution < -0.4 is 5.73 Å². The normalized spacial score (nSPS) is 46.3. The lowest BCUT2D eigenvalue weighted by Crippen LogP contribution is -2.64. The minimum absolute atomic E-state index is 0.628. The van der Waals surface area contributed by atoms with Crippen LogP contribution in [0.2, 0.25) is 0 Å². The van der Waals surface area contributed by atoms with Crippen molar-refractivity contribution in [3.63, 3.8) is 0 Å². The number of ether oxygens (including phenoxy) is 1. The van der Waals surface area contributed by atoms with Crippen LogP contribution in [0.25, 0.3) is 0 Å². The van der Waals surface area contributed by atoms with Crippen LogP contribution in [-0.4, -0.2) is 68.9 Å².